The molecule has 6 heteroatoms. The molecule has 1 aromatic heterocycles. The van der Waals surface area contributed by atoms with Crippen molar-refractivity contribution in [3.8, 4) is 0 Å². The van der Waals surface area contributed by atoms with Gasteiger partial charge in [0.25, 0.3) is 5.69 Å². The van der Waals surface area contributed by atoms with Gasteiger partial charge in [-0.2, -0.15) is 0 Å². The Morgan fingerprint density at radius 3 is 2.69 bits per heavy atom. The van der Waals surface area contributed by atoms with Gasteiger partial charge in [0.1, 0.15) is 11.0 Å². The van der Waals surface area contributed by atoms with Crippen molar-refractivity contribution in [1.29, 1.82) is 0 Å². The van der Waals surface area contributed by atoms with Crippen molar-refractivity contribution >= 4 is 23.1 Å². The second kappa shape index (κ2) is 5.65. The van der Waals surface area contributed by atoms with Crippen LogP contribution < -0.4 is 4.90 Å². The molecule has 16 heavy (non-hydrogen) atoms. The van der Waals surface area contributed by atoms with Gasteiger partial charge in [-0.25, -0.2) is 4.98 Å². The van der Waals surface area contributed by atoms with Gasteiger partial charge in [-0.05, 0) is 13.3 Å². The van der Waals surface area contributed by atoms with E-state index in [-0.39, 0.29) is 10.8 Å². The molecule has 0 saturated carbocycles. The van der Waals surface area contributed by atoms with Crippen LogP contribution in [0.2, 0.25) is 5.15 Å². The Labute approximate surface area is 99.2 Å². The number of hydrogen-bond acceptors (Lipinski definition) is 4. The molecule has 0 aliphatic heterocycles. The highest BCUT2D eigenvalue weighted by atomic mass is 35.5. The molecule has 0 bridgehead atoms. The number of halogens is 1. The predicted octanol–water partition coefficient (Wildman–Crippen LogP) is 2.88. The minimum Gasteiger partial charge on any atom is -0.357 e. The number of nitrogens with zero attached hydrogens (tertiary/aromatic N) is 3. The smallest absolute Gasteiger partial charge is 0.276 e. The molecule has 5 nitrogen and oxygen atoms in total. The van der Waals surface area contributed by atoms with Gasteiger partial charge in [-0.15, -0.1) is 0 Å². The van der Waals surface area contributed by atoms with Crippen LogP contribution in [0, 0.1) is 10.1 Å². The first kappa shape index (κ1) is 12.7. The molecule has 0 fully saturated rings. The van der Waals surface area contributed by atoms with Crippen molar-refractivity contribution in [2.75, 3.05) is 18.0 Å². The topological polar surface area (TPSA) is 59.3 Å². The molecule has 0 aliphatic carbocycles. The van der Waals surface area contributed by atoms with E-state index in [1.54, 1.807) is 0 Å². The molecule has 1 rings (SSSR count). The van der Waals surface area contributed by atoms with Crippen LogP contribution in [0.1, 0.15) is 20.3 Å². The Kier molecular flexibility index (Phi) is 4.49. The second-order valence-electron chi connectivity index (χ2n) is 3.34. The Bertz CT molecular complexity index is 384. The van der Waals surface area contributed by atoms with Crippen LogP contribution in [-0.2, 0) is 0 Å². The molecular formula is C10H14ClN3O2. The molecule has 0 unspecified atom stereocenters. The van der Waals surface area contributed by atoms with E-state index in [4.69, 9.17) is 11.6 Å². The Hall–Kier alpha value is -1.36. The van der Waals surface area contributed by atoms with Crippen LogP contribution in [0.5, 0.6) is 0 Å². The van der Waals surface area contributed by atoms with Crippen molar-refractivity contribution in [2.45, 2.75) is 20.3 Å². The van der Waals surface area contributed by atoms with Crippen molar-refractivity contribution < 1.29 is 4.92 Å². The van der Waals surface area contributed by atoms with Crippen LogP contribution in [0.15, 0.2) is 12.1 Å². The SMILES string of the molecule is CCCN(CC)c1cc([N+](=O)[O-])cc(Cl)n1. The van der Waals surface area contributed by atoms with E-state index in [1.807, 2.05) is 18.7 Å². The first-order valence-corrected chi connectivity index (χ1v) is 5.53. The molecule has 0 saturated heterocycles. The van der Waals surface area contributed by atoms with Gasteiger partial charge in [-0.1, -0.05) is 18.5 Å². The Morgan fingerprint density at radius 2 is 2.19 bits per heavy atom. The Morgan fingerprint density at radius 1 is 1.50 bits per heavy atom. The summed E-state index contributed by atoms with van der Waals surface area (Å²) in [5.74, 6) is 0.559. The third-order valence-corrected chi connectivity index (χ3v) is 2.37. The molecule has 88 valence electrons. The first-order valence-electron chi connectivity index (χ1n) is 5.15. The molecular weight excluding hydrogens is 230 g/mol. The van der Waals surface area contributed by atoms with Crippen molar-refractivity contribution in [3.63, 3.8) is 0 Å². The average molecular weight is 244 g/mol. The average Bonchev–Trinajstić information content (AvgIpc) is 2.24. The van der Waals surface area contributed by atoms with Gasteiger partial charge in [0.15, 0.2) is 0 Å². The number of aromatic nitrogens is 1. The first-order chi connectivity index (χ1) is 7.58. The lowest BCUT2D eigenvalue weighted by molar-refractivity contribution is -0.384. The summed E-state index contributed by atoms with van der Waals surface area (Å²) in [7, 11) is 0. The van der Waals surface area contributed by atoms with Gasteiger partial charge < -0.3 is 4.90 Å². The number of nitro groups is 1. The van der Waals surface area contributed by atoms with E-state index in [0.717, 1.165) is 19.5 Å². The summed E-state index contributed by atoms with van der Waals surface area (Å²) >= 11 is 5.75. The number of anilines is 1. The van der Waals surface area contributed by atoms with Crippen LogP contribution in [0.3, 0.4) is 0 Å². The summed E-state index contributed by atoms with van der Waals surface area (Å²) < 4.78 is 0. The summed E-state index contributed by atoms with van der Waals surface area (Å²) in [4.78, 5) is 16.3. The van der Waals surface area contributed by atoms with Gasteiger partial charge in [0, 0.05) is 13.1 Å². The zero-order valence-corrected chi connectivity index (χ0v) is 10.1. The van der Waals surface area contributed by atoms with Gasteiger partial charge in [0.2, 0.25) is 0 Å². The molecule has 0 spiro atoms. The molecule has 0 N–H and O–H groups in total. The van der Waals surface area contributed by atoms with Gasteiger partial charge in [-0.3, -0.25) is 10.1 Å². The summed E-state index contributed by atoms with van der Waals surface area (Å²) in [5.41, 5.74) is -0.0236. The maximum Gasteiger partial charge on any atom is 0.276 e. The summed E-state index contributed by atoms with van der Waals surface area (Å²) in [5, 5.41) is 10.8. The summed E-state index contributed by atoms with van der Waals surface area (Å²) in [6.07, 6.45) is 0.954. The third kappa shape index (κ3) is 3.06. The highest BCUT2D eigenvalue weighted by Gasteiger charge is 2.13. The molecule has 0 aromatic carbocycles. The maximum atomic E-state index is 10.7. The third-order valence-electron chi connectivity index (χ3n) is 2.18. The fraction of sp³-hybridized carbons (Fsp3) is 0.500. The van der Waals surface area contributed by atoms with Crippen LogP contribution >= 0.6 is 11.6 Å². The standard InChI is InChI=1S/C10H14ClN3O2/c1-3-5-13(4-2)10-7-8(14(15)16)6-9(11)12-10/h6-7H,3-5H2,1-2H3. The summed E-state index contributed by atoms with van der Waals surface area (Å²) in [6, 6.07) is 2.70. The van der Waals surface area contributed by atoms with Gasteiger partial charge in [0.05, 0.1) is 17.1 Å². The van der Waals surface area contributed by atoms with E-state index < -0.39 is 4.92 Å². The normalized spacial score (nSPS) is 10.2. The molecule has 0 radical (unpaired) electrons. The largest absolute Gasteiger partial charge is 0.357 e. The molecule has 0 aliphatic rings. The maximum absolute atomic E-state index is 10.7. The van der Waals surface area contributed by atoms with Crippen molar-refractivity contribution in [1.82, 2.24) is 4.98 Å². The fourth-order valence-corrected chi connectivity index (χ4v) is 1.64. The predicted molar refractivity (Wildman–Crippen MR) is 64.1 cm³/mol. The van der Waals surface area contributed by atoms with E-state index in [1.165, 1.54) is 12.1 Å². The van der Waals surface area contributed by atoms with Crippen molar-refractivity contribution in [3.05, 3.63) is 27.4 Å². The highest BCUT2D eigenvalue weighted by molar-refractivity contribution is 6.29. The van der Waals surface area contributed by atoms with Crippen LogP contribution in [0.4, 0.5) is 11.5 Å². The van der Waals surface area contributed by atoms with E-state index in [9.17, 15) is 10.1 Å². The quantitative estimate of drug-likeness (QED) is 0.453. The Balaban J connectivity index is 3.07. The zero-order chi connectivity index (χ0) is 12.1. The lowest BCUT2D eigenvalue weighted by atomic mass is 10.3. The van der Waals surface area contributed by atoms with E-state index >= 15 is 0 Å². The lowest BCUT2D eigenvalue weighted by Crippen LogP contribution is -2.24. The second-order valence-corrected chi connectivity index (χ2v) is 3.73. The van der Waals surface area contributed by atoms with Crippen molar-refractivity contribution in [2.24, 2.45) is 0 Å². The molecule has 0 atom stereocenters. The fourth-order valence-electron chi connectivity index (χ4n) is 1.44. The van der Waals surface area contributed by atoms with Gasteiger partial charge >= 0.3 is 0 Å². The van der Waals surface area contributed by atoms with E-state index in [2.05, 4.69) is 4.98 Å². The molecule has 0 amide bonds. The molecule has 1 heterocycles. The minimum atomic E-state index is -0.461. The molecule has 1 aromatic rings. The number of rotatable bonds is 5. The summed E-state index contributed by atoms with van der Waals surface area (Å²) in [6.45, 7) is 5.57. The lowest BCUT2D eigenvalue weighted by Gasteiger charge is -2.20. The van der Waals surface area contributed by atoms with Crippen LogP contribution in [0.25, 0.3) is 0 Å². The highest BCUT2D eigenvalue weighted by Crippen LogP contribution is 2.23. The van der Waals surface area contributed by atoms with E-state index in [0.29, 0.717) is 5.82 Å². The monoisotopic (exact) mass is 243 g/mol. The number of hydrogen-bond donors (Lipinski definition) is 0. The number of pyridine rings is 1. The van der Waals surface area contributed by atoms with Crippen LogP contribution in [-0.4, -0.2) is 23.0 Å². The minimum absolute atomic E-state index is 0.0236. The zero-order valence-electron chi connectivity index (χ0n) is 9.31.